The first-order chi connectivity index (χ1) is 16.1. The predicted octanol–water partition coefficient (Wildman–Crippen LogP) is 4.93. The van der Waals surface area contributed by atoms with Gasteiger partial charge in [-0.2, -0.15) is 0 Å². The van der Waals surface area contributed by atoms with E-state index in [1.54, 1.807) is 35.4 Å². The SMILES string of the molecule is C=CCN(CC(=O)N(Cc1ccccc1)Cc1ccco1)C(=O)Nc1ccccc1OCC. The molecule has 0 saturated carbocycles. The second-order valence-corrected chi connectivity index (χ2v) is 7.34. The fraction of sp³-hybridized carbons (Fsp3) is 0.231. The molecule has 3 amide bonds. The van der Waals surface area contributed by atoms with E-state index in [1.807, 2.05) is 55.5 Å². The first kappa shape index (κ1) is 23.7. The van der Waals surface area contributed by atoms with Crippen molar-refractivity contribution in [3.8, 4) is 5.75 Å². The lowest BCUT2D eigenvalue weighted by Crippen LogP contribution is -2.44. The minimum atomic E-state index is -0.409. The number of benzene rings is 2. The van der Waals surface area contributed by atoms with E-state index >= 15 is 0 Å². The molecular formula is C26H29N3O4. The number of urea groups is 1. The van der Waals surface area contributed by atoms with Crippen LogP contribution in [0, 0.1) is 0 Å². The van der Waals surface area contributed by atoms with Gasteiger partial charge in [-0.15, -0.1) is 6.58 Å². The van der Waals surface area contributed by atoms with Crippen molar-refractivity contribution < 1.29 is 18.7 Å². The summed E-state index contributed by atoms with van der Waals surface area (Å²) in [4.78, 5) is 29.4. The van der Waals surface area contributed by atoms with E-state index in [4.69, 9.17) is 9.15 Å². The number of hydrogen-bond donors (Lipinski definition) is 1. The number of carbonyl (C=O) groups excluding carboxylic acids is 2. The summed E-state index contributed by atoms with van der Waals surface area (Å²) in [6.07, 6.45) is 3.17. The molecule has 33 heavy (non-hydrogen) atoms. The van der Waals surface area contributed by atoms with E-state index in [0.29, 0.717) is 36.9 Å². The highest BCUT2D eigenvalue weighted by Gasteiger charge is 2.22. The molecule has 1 heterocycles. The van der Waals surface area contributed by atoms with Crippen LogP contribution in [0.5, 0.6) is 5.75 Å². The molecule has 0 unspecified atom stereocenters. The van der Waals surface area contributed by atoms with Crippen LogP contribution in [0.2, 0.25) is 0 Å². The normalized spacial score (nSPS) is 10.3. The topological polar surface area (TPSA) is 75.0 Å². The van der Waals surface area contributed by atoms with Gasteiger partial charge in [0, 0.05) is 13.1 Å². The smallest absolute Gasteiger partial charge is 0.322 e. The third-order valence-electron chi connectivity index (χ3n) is 4.89. The molecule has 0 bridgehead atoms. The Hall–Kier alpha value is -4.00. The third kappa shape index (κ3) is 7.00. The standard InChI is InChI=1S/C26H29N3O4/c1-3-16-28(26(31)27-23-14-8-9-15-24(23)32-4-2)20-25(30)29(19-22-13-10-17-33-22)18-21-11-6-5-7-12-21/h3,5-15,17H,1,4,16,18-20H2,2H3,(H,27,31). The first-order valence-electron chi connectivity index (χ1n) is 10.8. The summed E-state index contributed by atoms with van der Waals surface area (Å²) in [5.41, 5.74) is 1.53. The number of rotatable bonds is 11. The quantitative estimate of drug-likeness (QED) is 0.423. The zero-order chi connectivity index (χ0) is 23.5. The van der Waals surface area contributed by atoms with Gasteiger partial charge in [0.25, 0.3) is 0 Å². The molecule has 172 valence electrons. The Morgan fingerprint density at radius 3 is 2.45 bits per heavy atom. The van der Waals surface area contributed by atoms with Crippen LogP contribution in [0.3, 0.4) is 0 Å². The number of nitrogens with one attached hydrogen (secondary N) is 1. The molecule has 0 aliphatic rings. The molecule has 7 heteroatoms. The highest BCUT2D eigenvalue weighted by molar-refractivity contribution is 5.93. The Labute approximate surface area is 194 Å². The van der Waals surface area contributed by atoms with Crippen LogP contribution >= 0.6 is 0 Å². The van der Waals surface area contributed by atoms with Gasteiger partial charge in [0.1, 0.15) is 18.1 Å². The molecule has 3 rings (SSSR count). The van der Waals surface area contributed by atoms with E-state index in [0.717, 1.165) is 5.56 Å². The molecule has 0 spiro atoms. The van der Waals surface area contributed by atoms with Crippen molar-refractivity contribution in [2.24, 2.45) is 0 Å². The van der Waals surface area contributed by atoms with Crippen molar-refractivity contribution in [2.45, 2.75) is 20.0 Å². The van der Waals surface area contributed by atoms with Crippen molar-refractivity contribution in [3.05, 3.63) is 97.0 Å². The number of carbonyl (C=O) groups is 2. The summed E-state index contributed by atoms with van der Waals surface area (Å²) in [5, 5.41) is 2.84. The van der Waals surface area contributed by atoms with Crippen LogP contribution in [0.4, 0.5) is 10.5 Å². The Kier molecular flexibility index (Phi) is 8.71. The van der Waals surface area contributed by atoms with Gasteiger partial charge in [-0.1, -0.05) is 48.5 Å². The summed E-state index contributed by atoms with van der Waals surface area (Å²) in [5.74, 6) is 1.04. The monoisotopic (exact) mass is 447 g/mol. The molecule has 0 atom stereocenters. The van der Waals surface area contributed by atoms with Crippen LogP contribution in [0.25, 0.3) is 0 Å². The highest BCUT2D eigenvalue weighted by Crippen LogP contribution is 2.24. The van der Waals surface area contributed by atoms with Gasteiger partial charge in [0.2, 0.25) is 5.91 Å². The molecular weight excluding hydrogens is 418 g/mol. The highest BCUT2D eigenvalue weighted by atomic mass is 16.5. The molecule has 0 saturated heterocycles. The first-order valence-corrected chi connectivity index (χ1v) is 10.8. The molecule has 1 aromatic heterocycles. The fourth-order valence-electron chi connectivity index (χ4n) is 3.31. The number of nitrogens with zero attached hydrogens (tertiary/aromatic N) is 2. The van der Waals surface area contributed by atoms with Gasteiger partial charge in [-0.05, 0) is 36.8 Å². The van der Waals surface area contributed by atoms with Gasteiger partial charge in [-0.25, -0.2) is 4.79 Å². The molecule has 7 nitrogen and oxygen atoms in total. The van der Waals surface area contributed by atoms with E-state index in [-0.39, 0.29) is 19.0 Å². The van der Waals surface area contributed by atoms with Crippen molar-refractivity contribution in [2.75, 3.05) is 25.0 Å². The van der Waals surface area contributed by atoms with Gasteiger partial charge >= 0.3 is 6.03 Å². The molecule has 0 aliphatic carbocycles. The lowest BCUT2D eigenvalue weighted by molar-refractivity contribution is -0.133. The average molecular weight is 448 g/mol. The molecule has 0 fully saturated rings. The van der Waals surface area contributed by atoms with Crippen LogP contribution in [-0.2, 0) is 17.9 Å². The maximum Gasteiger partial charge on any atom is 0.322 e. The predicted molar refractivity (Wildman–Crippen MR) is 128 cm³/mol. The minimum absolute atomic E-state index is 0.109. The lowest BCUT2D eigenvalue weighted by atomic mass is 10.2. The van der Waals surface area contributed by atoms with Gasteiger partial charge < -0.3 is 24.3 Å². The minimum Gasteiger partial charge on any atom is -0.492 e. The van der Waals surface area contributed by atoms with Crippen molar-refractivity contribution in [3.63, 3.8) is 0 Å². The van der Waals surface area contributed by atoms with Crippen LogP contribution in [0.1, 0.15) is 18.2 Å². The number of furan rings is 1. The van der Waals surface area contributed by atoms with Crippen molar-refractivity contribution in [1.82, 2.24) is 9.80 Å². The molecule has 0 radical (unpaired) electrons. The van der Waals surface area contributed by atoms with Crippen LogP contribution in [-0.4, -0.2) is 41.4 Å². The average Bonchev–Trinajstić information content (AvgIpc) is 3.33. The molecule has 2 aromatic carbocycles. The second kappa shape index (κ2) is 12.1. The van der Waals surface area contributed by atoms with E-state index in [2.05, 4.69) is 11.9 Å². The molecule has 3 aromatic rings. The number of ether oxygens (including phenoxy) is 1. The summed E-state index contributed by atoms with van der Waals surface area (Å²) >= 11 is 0. The van der Waals surface area contributed by atoms with Crippen LogP contribution < -0.4 is 10.1 Å². The summed E-state index contributed by atoms with van der Waals surface area (Å²) < 4.78 is 11.0. The number of hydrogen-bond acceptors (Lipinski definition) is 4. The molecule has 0 aliphatic heterocycles. The fourth-order valence-corrected chi connectivity index (χ4v) is 3.31. The van der Waals surface area contributed by atoms with E-state index in [9.17, 15) is 9.59 Å². The van der Waals surface area contributed by atoms with Gasteiger partial charge in [-0.3, -0.25) is 4.79 Å². The Morgan fingerprint density at radius 2 is 1.76 bits per heavy atom. The van der Waals surface area contributed by atoms with E-state index in [1.165, 1.54) is 4.90 Å². The van der Waals surface area contributed by atoms with E-state index < -0.39 is 6.03 Å². The number of anilines is 1. The Balaban J connectivity index is 1.74. The van der Waals surface area contributed by atoms with Crippen molar-refractivity contribution in [1.29, 1.82) is 0 Å². The summed E-state index contributed by atoms with van der Waals surface area (Å²) in [7, 11) is 0. The van der Waals surface area contributed by atoms with Crippen molar-refractivity contribution >= 4 is 17.6 Å². The zero-order valence-electron chi connectivity index (χ0n) is 18.8. The largest absolute Gasteiger partial charge is 0.492 e. The Bertz CT molecular complexity index is 1030. The van der Waals surface area contributed by atoms with Gasteiger partial charge in [0.15, 0.2) is 0 Å². The summed E-state index contributed by atoms with van der Waals surface area (Å²) in [6, 6.07) is 20.1. The maximum absolute atomic E-state index is 13.3. The number of amides is 3. The summed E-state index contributed by atoms with van der Waals surface area (Å²) in [6.45, 7) is 6.89. The third-order valence-corrected chi connectivity index (χ3v) is 4.89. The lowest BCUT2D eigenvalue weighted by Gasteiger charge is -2.27. The number of para-hydroxylation sites is 2. The van der Waals surface area contributed by atoms with Crippen LogP contribution in [0.15, 0.2) is 90.1 Å². The zero-order valence-corrected chi connectivity index (χ0v) is 18.8. The Morgan fingerprint density at radius 1 is 1.00 bits per heavy atom. The second-order valence-electron chi connectivity index (χ2n) is 7.34. The van der Waals surface area contributed by atoms with Gasteiger partial charge in [0.05, 0.1) is 25.1 Å². The maximum atomic E-state index is 13.3. The molecule has 1 N–H and O–H groups in total.